The van der Waals surface area contributed by atoms with E-state index in [2.05, 4.69) is 49.7 Å². The SMILES string of the molecule is CCNC(c1csc(C)c1)c1ccc(CC)s1. The predicted octanol–water partition coefficient (Wildman–Crippen LogP) is 4.38. The topological polar surface area (TPSA) is 12.0 Å². The molecule has 0 aromatic carbocycles. The van der Waals surface area contributed by atoms with Crippen molar-refractivity contribution in [3.8, 4) is 0 Å². The number of rotatable bonds is 5. The van der Waals surface area contributed by atoms with Crippen LogP contribution >= 0.6 is 22.7 Å². The molecule has 0 spiro atoms. The van der Waals surface area contributed by atoms with Crippen molar-refractivity contribution in [2.24, 2.45) is 0 Å². The lowest BCUT2D eigenvalue weighted by Crippen LogP contribution is -2.20. The number of hydrogen-bond acceptors (Lipinski definition) is 3. The number of hydrogen-bond donors (Lipinski definition) is 1. The minimum Gasteiger partial charge on any atom is -0.306 e. The Labute approximate surface area is 112 Å². The summed E-state index contributed by atoms with van der Waals surface area (Å²) >= 11 is 3.76. The van der Waals surface area contributed by atoms with Crippen molar-refractivity contribution in [1.82, 2.24) is 5.32 Å². The van der Waals surface area contributed by atoms with Gasteiger partial charge in [0.05, 0.1) is 6.04 Å². The van der Waals surface area contributed by atoms with Crippen molar-refractivity contribution in [2.45, 2.75) is 33.2 Å². The lowest BCUT2D eigenvalue weighted by Gasteiger charge is -2.15. The van der Waals surface area contributed by atoms with E-state index in [9.17, 15) is 0 Å². The fourth-order valence-corrected chi connectivity index (χ4v) is 3.73. The molecule has 0 saturated carbocycles. The summed E-state index contributed by atoms with van der Waals surface area (Å²) in [4.78, 5) is 4.28. The van der Waals surface area contributed by atoms with Crippen LogP contribution in [0, 0.1) is 6.92 Å². The Bertz CT molecular complexity index is 470. The van der Waals surface area contributed by atoms with Gasteiger partial charge in [-0.2, -0.15) is 0 Å². The summed E-state index contributed by atoms with van der Waals surface area (Å²) in [6.45, 7) is 7.55. The van der Waals surface area contributed by atoms with Crippen LogP contribution in [0.1, 0.15) is 40.1 Å². The van der Waals surface area contributed by atoms with E-state index in [0.717, 1.165) is 13.0 Å². The first kappa shape index (κ1) is 12.8. The standard InChI is InChI=1S/C14H19NS2/c1-4-12-6-7-13(17-12)14(15-5-2)11-8-10(3)16-9-11/h6-9,14-15H,4-5H2,1-3H3. The van der Waals surface area contributed by atoms with Crippen molar-refractivity contribution in [3.63, 3.8) is 0 Å². The number of aryl methyl sites for hydroxylation is 2. The minimum absolute atomic E-state index is 0.371. The van der Waals surface area contributed by atoms with Gasteiger partial charge >= 0.3 is 0 Å². The molecule has 0 bridgehead atoms. The monoisotopic (exact) mass is 265 g/mol. The van der Waals surface area contributed by atoms with Gasteiger partial charge in [0, 0.05) is 14.6 Å². The molecule has 0 amide bonds. The van der Waals surface area contributed by atoms with Crippen molar-refractivity contribution in [2.75, 3.05) is 6.54 Å². The van der Waals surface area contributed by atoms with Gasteiger partial charge in [-0.05, 0) is 49.0 Å². The summed E-state index contributed by atoms with van der Waals surface area (Å²) in [5.41, 5.74) is 1.40. The molecule has 0 radical (unpaired) electrons. The van der Waals surface area contributed by atoms with Gasteiger partial charge < -0.3 is 5.32 Å². The molecule has 17 heavy (non-hydrogen) atoms. The molecule has 1 N–H and O–H groups in total. The van der Waals surface area contributed by atoms with Crippen molar-refractivity contribution < 1.29 is 0 Å². The first-order valence-corrected chi connectivity index (χ1v) is 7.81. The van der Waals surface area contributed by atoms with Crippen LogP contribution in [0.4, 0.5) is 0 Å². The van der Waals surface area contributed by atoms with E-state index < -0.39 is 0 Å². The number of nitrogens with one attached hydrogen (secondary N) is 1. The summed E-state index contributed by atoms with van der Waals surface area (Å²) in [7, 11) is 0. The fraction of sp³-hybridized carbons (Fsp3) is 0.429. The number of thiophene rings is 2. The quantitative estimate of drug-likeness (QED) is 0.846. The van der Waals surface area contributed by atoms with E-state index in [-0.39, 0.29) is 0 Å². The molecule has 3 heteroatoms. The maximum absolute atomic E-state index is 3.58. The minimum atomic E-state index is 0.371. The average molecular weight is 265 g/mol. The van der Waals surface area contributed by atoms with Gasteiger partial charge in [0.15, 0.2) is 0 Å². The van der Waals surface area contributed by atoms with E-state index >= 15 is 0 Å². The third-order valence-electron chi connectivity index (χ3n) is 2.81. The maximum atomic E-state index is 3.58. The van der Waals surface area contributed by atoms with Crippen LogP contribution in [0.5, 0.6) is 0 Å². The van der Waals surface area contributed by atoms with Crippen LogP contribution < -0.4 is 5.32 Å². The Morgan fingerprint density at radius 3 is 2.65 bits per heavy atom. The van der Waals surface area contributed by atoms with Gasteiger partial charge in [-0.1, -0.05) is 13.8 Å². The normalized spacial score (nSPS) is 12.9. The largest absolute Gasteiger partial charge is 0.306 e. The van der Waals surface area contributed by atoms with Gasteiger partial charge in [0.2, 0.25) is 0 Å². The molecule has 0 fully saturated rings. The molecule has 1 unspecified atom stereocenters. The molecule has 1 atom stereocenters. The second kappa shape index (κ2) is 5.80. The van der Waals surface area contributed by atoms with Gasteiger partial charge in [0.25, 0.3) is 0 Å². The summed E-state index contributed by atoms with van der Waals surface area (Å²) in [5, 5.41) is 5.85. The van der Waals surface area contributed by atoms with Crippen LogP contribution in [-0.2, 0) is 6.42 Å². The highest BCUT2D eigenvalue weighted by molar-refractivity contribution is 7.12. The van der Waals surface area contributed by atoms with Crippen LogP contribution in [0.25, 0.3) is 0 Å². The molecule has 92 valence electrons. The smallest absolute Gasteiger partial charge is 0.0679 e. The molecule has 0 saturated heterocycles. The van der Waals surface area contributed by atoms with E-state index in [1.807, 2.05) is 22.7 Å². The van der Waals surface area contributed by atoms with E-state index in [1.165, 1.54) is 20.2 Å². The molecule has 2 aromatic heterocycles. The van der Waals surface area contributed by atoms with Gasteiger partial charge in [0.1, 0.15) is 0 Å². The average Bonchev–Trinajstić information content (AvgIpc) is 2.94. The molecule has 2 heterocycles. The first-order valence-electron chi connectivity index (χ1n) is 6.11. The Morgan fingerprint density at radius 2 is 2.12 bits per heavy atom. The zero-order valence-electron chi connectivity index (χ0n) is 10.6. The molecule has 0 aliphatic carbocycles. The van der Waals surface area contributed by atoms with Crippen LogP contribution in [0.3, 0.4) is 0 Å². The molecular formula is C14H19NS2. The Morgan fingerprint density at radius 1 is 1.29 bits per heavy atom. The van der Waals surface area contributed by atoms with Crippen molar-refractivity contribution in [1.29, 1.82) is 0 Å². The van der Waals surface area contributed by atoms with Crippen LogP contribution in [-0.4, -0.2) is 6.54 Å². The van der Waals surface area contributed by atoms with Crippen molar-refractivity contribution >= 4 is 22.7 Å². The predicted molar refractivity (Wildman–Crippen MR) is 78.3 cm³/mol. The van der Waals surface area contributed by atoms with Gasteiger partial charge in [-0.25, -0.2) is 0 Å². The van der Waals surface area contributed by atoms with Crippen molar-refractivity contribution in [3.05, 3.63) is 43.8 Å². The van der Waals surface area contributed by atoms with E-state index in [1.54, 1.807) is 0 Å². The summed E-state index contributed by atoms with van der Waals surface area (Å²) in [6.07, 6.45) is 1.13. The summed E-state index contributed by atoms with van der Waals surface area (Å²) in [6, 6.07) is 7.19. The zero-order valence-corrected chi connectivity index (χ0v) is 12.3. The molecular weight excluding hydrogens is 246 g/mol. The second-order valence-corrected chi connectivity index (χ2v) is 6.45. The third kappa shape index (κ3) is 2.97. The highest BCUT2D eigenvalue weighted by Gasteiger charge is 2.15. The molecule has 2 rings (SSSR count). The Hall–Kier alpha value is -0.640. The highest BCUT2D eigenvalue weighted by Crippen LogP contribution is 2.31. The lowest BCUT2D eigenvalue weighted by atomic mass is 10.1. The van der Waals surface area contributed by atoms with E-state index in [4.69, 9.17) is 0 Å². The maximum Gasteiger partial charge on any atom is 0.0679 e. The van der Waals surface area contributed by atoms with Crippen LogP contribution in [0.15, 0.2) is 23.6 Å². The van der Waals surface area contributed by atoms with Gasteiger partial charge in [-0.15, -0.1) is 22.7 Å². The summed E-state index contributed by atoms with van der Waals surface area (Å²) < 4.78 is 0. The fourth-order valence-electron chi connectivity index (χ4n) is 1.94. The first-order chi connectivity index (χ1) is 8.24. The second-order valence-electron chi connectivity index (χ2n) is 4.14. The highest BCUT2D eigenvalue weighted by atomic mass is 32.1. The zero-order chi connectivity index (χ0) is 12.3. The van der Waals surface area contributed by atoms with E-state index in [0.29, 0.717) is 6.04 Å². The van der Waals surface area contributed by atoms with Crippen LogP contribution in [0.2, 0.25) is 0 Å². The summed E-state index contributed by atoms with van der Waals surface area (Å²) in [5.74, 6) is 0. The molecule has 0 aliphatic rings. The lowest BCUT2D eigenvalue weighted by molar-refractivity contribution is 0.641. The Kier molecular flexibility index (Phi) is 4.37. The molecule has 2 aromatic rings. The van der Waals surface area contributed by atoms with Gasteiger partial charge in [-0.3, -0.25) is 0 Å². The Balaban J connectivity index is 2.28. The molecule has 1 nitrogen and oxygen atoms in total. The third-order valence-corrected chi connectivity index (χ3v) is 4.98. The molecule has 0 aliphatic heterocycles.